The molecule has 0 aromatic rings. The van der Waals surface area contributed by atoms with Crippen LogP contribution in [0.2, 0.25) is 0 Å². The summed E-state index contributed by atoms with van der Waals surface area (Å²) in [6, 6.07) is 0. The van der Waals surface area contributed by atoms with Gasteiger partial charge in [0.1, 0.15) is 0 Å². The smallest absolute Gasteiger partial charge is 0.303 e. The van der Waals surface area contributed by atoms with Crippen LogP contribution in [0.15, 0.2) is 0 Å². The fourth-order valence-electron chi connectivity index (χ4n) is 2.39. The van der Waals surface area contributed by atoms with Crippen LogP contribution in [0.5, 0.6) is 0 Å². The molecular weight excluding hydrogens is 230 g/mol. The second kappa shape index (κ2) is 7.39. The summed E-state index contributed by atoms with van der Waals surface area (Å²) < 4.78 is 0. The number of carboxylic acids is 1. The van der Waals surface area contributed by atoms with Crippen molar-refractivity contribution in [3.63, 3.8) is 0 Å². The predicted molar refractivity (Wildman–Crippen MR) is 70.2 cm³/mol. The average Bonchev–Trinajstić information content (AvgIpc) is 3.03. The number of hydrogen-bond acceptors (Lipinski definition) is 2. The summed E-state index contributed by atoms with van der Waals surface area (Å²) in [4.78, 5) is 22.2. The molecule has 0 saturated heterocycles. The van der Waals surface area contributed by atoms with Gasteiger partial charge in [0.15, 0.2) is 0 Å². The average molecular weight is 255 g/mol. The van der Waals surface area contributed by atoms with Gasteiger partial charge in [-0.05, 0) is 31.1 Å². The monoisotopic (exact) mass is 255 g/mol. The molecular formula is C14H25NO3. The third kappa shape index (κ3) is 5.52. The second-order valence-electron chi connectivity index (χ2n) is 5.49. The number of carbonyl (C=O) groups is 2. The first-order valence-corrected chi connectivity index (χ1v) is 7.04. The minimum absolute atomic E-state index is 0.177. The van der Waals surface area contributed by atoms with Crippen LogP contribution in [0.3, 0.4) is 0 Å². The summed E-state index contributed by atoms with van der Waals surface area (Å²) in [5.41, 5.74) is 0. The van der Waals surface area contributed by atoms with Crippen LogP contribution in [-0.2, 0) is 9.59 Å². The van der Waals surface area contributed by atoms with Gasteiger partial charge >= 0.3 is 5.97 Å². The molecule has 3 unspecified atom stereocenters. The third-order valence-corrected chi connectivity index (χ3v) is 3.76. The molecule has 1 aliphatic rings. The van der Waals surface area contributed by atoms with Gasteiger partial charge in [-0.1, -0.05) is 26.7 Å². The summed E-state index contributed by atoms with van der Waals surface area (Å²) in [7, 11) is 0. The van der Waals surface area contributed by atoms with Crippen molar-refractivity contribution in [3.8, 4) is 0 Å². The van der Waals surface area contributed by atoms with E-state index in [9.17, 15) is 9.59 Å². The number of carbonyl (C=O) groups excluding carboxylic acids is 1. The molecule has 1 amide bonds. The van der Waals surface area contributed by atoms with Crippen molar-refractivity contribution in [3.05, 3.63) is 0 Å². The van der Waals surface area contributed by atoms with Gasteiger partial charge in [0.25, 0.3) is 0 Å². The summed E-state index contributed by atoms with van der Waals surface area (Å²) in [6.07, 6.45) is 4.98. The zero-order chi connectivity index (χ0) is 13.5. The Morgan fingerprint density at radius 1 is 1.33 bits per heavy atom. The molecule has 0 spiro atoms. The number of nitrogens with one attached hydrogen (secondary N) is 1. The van der Waals surface area contributed by atoms with Crippen molar-refractivity contribution >= 4 is 11.9 Å². The molecule has 0 aromatic carbocycles. The maximum absolute atomic E-state index is 11.6. The Kier molecular flexibility index (Phi) is 6.16. The number of carboxylic acid groups (broad SMARTS) is 1. The normalized spacial score (nSPS) is 23.4. The maximum Gasteiger partial charge on any atom is 0.303 e. The lowest BCUT2D eigenvalue weighted by Crippen LogP contribution is -2.27. The summed E-state index contributed by atoms with van der Waals surface area (Å²) >= 11 is 0. The molecule has 1 saturated carbocycles. The fourth-order valence-corrected chi connectivity index (χ4v) is 2.39. The van der Waals surface area contributed by atoms with E-state index in [0.29, 0.717) is 18.4 Å². The highest BCUT2D eigenvalue weighted by molar-refractivity contribution is 5.81. The van der Waals surface area contributed by atoms with Gasteiger partial charge in [-0.3, -0.25) is 9.59 Å². The van der Waals surface area contributed by atoms with Gasteiger partial charge < -0.3 is 10.4 Å². The largest absolute Gasteiger partial charge is 0.481 e. The molecule has 4 nitrogen and oxygen atoms in total. The topological polar surface area (TPSA) is 66.4 Å². The Balaban J connectivity index is 2.15. The molecule has 3 atom stereocenters. The molecule has 1 aliphatic carbocycles. The van der Waals surface area contributed by atoms with E-state index < -0.39 is 5.97 Å². The fraction of sp³-hybridized carbons (Fsp3) is 0.857. The van der Waals surface area contributed by atoms with Gasteiger partial charge in [0.2, 0.25) is 5.91 Å². The maximum atomic E-state index is 11.6. The van der Waals surface area contributed by atoms with Gasteiger partial charge in [-0.25, -0.2) is 0 Å². The van der Waals surface area contributed by atoms with Crippen LogP contribution in [0.25, 0.3) is 0 Å². The highest BCUT2D eigenvalue weighted by Crippen LogP contribution is 2.37. The molecule has 0 bridgehead atoms. The Labute approximate surface area is 109 Å². The summed E-state index contributed by atoms with van der Waals surface area (Å²) in [5, 5.41) is 11.6. The Bertz CT molecular complexity index is 291. The highest BCUT2D eigenvalue weighted by atomic mass is 16.4. The number of amides is 1. The van der Waals surface area contributed by atoms with E-state index in [-0.39, 0.29) is 18.2 Å². The minimum Gasteiger partial charge on any atom is -0.481 e. The molecule has 0 radical (unpaired) electrons. The van der Waals surface area contributed by atoms with Crippen LogP contribution in [0.4, 0.5) is 0 Å². The molecule has 18 heavy (non-hydrogen) atoms. The van der Waals surface area contributed by atoms with E-state index in [1.165, 1.54) is 0 Å². The van der Waals surface area contributed by atoms with Gasteiger partial charge in [0, 0.05) is 18.9 Å². The van der Waals surface area contributed by atoms with Crippen molar-refractivity contribution in [1.29, 1.82) is 0 Å². The molecule has 0 aromatic heterocycles. The predicted octanol–water partition coefficient (Wildman–Crippen LogP) is 2.43. The van der Waals surface area contributed by atoms with Gasteiger partial charge in [0.05, 0.1) is 0 Å². The SMILES string of the molecule is CCCC(CCNC(=O)C1CC1C)CCC(=O)O. The van der Waals surface area contributed by atoms with Crippen molar-refractivity contribution in [2.45, 2.75) is 52.4 Å². The van der Waals surface area contributed by atoms with E-state index in [0.717, 1.165) is 32.1 Å². The lowest BCUT2D eigenvalue weighted by atomic mass is 9.94. The van der Waals surface area contributed by atoms with E-state index in [1.54, 1.807) is 0 Å². The third-order valence-electron chi connectivity index (χ3n) is 3.76. The van der Waals surface area contributed by atoms with Crippen LogP contribution in [0.1, 0.15) is 52.4 Å². The number of hydrogen-bond donors (Lipinski definition) is 2. The van der Waals surface area contributed by atoms with Crippen LogP contribution in [-0.4, -0.2) is 23.5 Å². The minimum atomic E-state index is -0.730. The zero-order valence-corrected chi connectivity index (χ0v) is 11.4. The zero-order valence-electron chi connectivity index (χ0n) is 11.4. The number of rotatable bonds is 9. The first-order valence-electron chi connectivity index (χ1n) is 7.04. The lowest BCUT2D eigenvalue weighted by molar-refractivity contribution is -0.137. The first-order chi connectivity index (χ1) is 8.54. The molecule has 104 valence electrons. The van der Waals surface area contributed by atoms with Crippen LogP contribution < -0.4 is 5.32 Å². The van der Waals surface area contributed by atoms with E-state index in [4.69, 9.17) is 5.11 Å². The van der Waals surface area contributed by atoms with Crippen LogP contribution in [0, 0.1) is 17.8 Å². The summed E-state index contributed by atoms with van der Waals surface area (Å²) in [6.45, 7) is 4.89. The molecule has 0 aliphatic heterocycles. The van der Waals surface area contributed by atoms with Crippen LogP contribution >= 0.6 is 0 Å². The Morgan fingerprint density at radius 3 is 2.50 bits per heavy atom. The summed E-state index contributed by atoms with van der Waals surface area (Å²) in [5.74, 6) is 0.642. The first kappa shape index (κ1) is 15.0. The Hall–Kier alpha value is -1.06. The second-order valence-corrected chi connectivity index (χ2v) is 5.49. The molecule has 1 fully saturated rings. The Morgan fingerprint density at radius 2 is 2.00 bits per heavy atom. The lowest BCUT2D eigenvalue weighted by Gasteiger charge is -2.15. The standard InChI is InChI=1S/C14H25NO3/c1-3-4-11(5-6-13(16)17)7-8-15-14(18)12-9-10(12)2/h10-12H,3-9H2,1-2H3,(H,15,18)(H,16,17). The van der Waals surface area contributed by atoms with Crippen molar-refractivity contribution in [1.82, 2.24) is 5.32 Å². The van der Waals surface area contributed by atoms with E-state index in [2.05, 4.69) is 19.2 Å². The molecule has 0 heterocycles. The molecule has 2 N–H and O–H groups in total. The molecule has 1 rings (SSSR count). The van der Waals surface area contributed by atoms with E-state index >= 15 is 0 Å². The van der Waals surface area contributed by atoms with E-state index in [1.807, 2.05) is 0 Å². The highest BCUT2D eigenvalue weighted by Gasteiger charge is 2.38. The quantitative estimate of drug-likeness (QED) is 0.665. The number of aliphatic carboxylic acids is 1. The van der Waals surface area contributed by atoms with Crippen molar-refractivity contribution < 1.29 is 14.7 Å². The van der Waals surface area contributed by atoms with Crippen molar-refractivity contribution in [2.75, 3.05) is 6.54 Å². The van der Waals surface area contributed by atoms with Crippen molar-refractivity contribution in [2.24, 2.45) is 17.8 Å². The van der Waals surface area contributed by atoms with Gasteiger partial charge in [-0.2, -0.15) is 0 Å². The van der Waals surface area contributed by atoms with Gasteiger partial charge in [-0.15, -0.1) is 0 Å². The molecule has 4 heteroatoms.